The molecule has 1 heterocycles. The van der Waals surface area contributed by atoms with Crippen molar-refractivity contribution >= 4 is 0 Å². The van der Waals surface area contributed by atoms with Crippen LogP contribution in [-0.2, 0) is 6.42 Å². The Hall–Kier alpha value is -1.54. The number of rotatable bonds is 1. The molecule has 2 aromatic rings. The summed E-state index contributed by atoms with van der Waals surface area (Å²) in [5.41, 5.74) is 10.5. The summed E-state index contributed by atoms with van der Waals surface area (Å²) in [6.45, 7) is 4.61. The van der Waals surface area contributed by atoms with E-state index < -0.39 is 0 Å². The van der Waals surface area contributed by atoms with Crippen LogP contribution in [0.5, 0.6) is 0 Å². The third-order valence-electron chi connectivity index (χ3n) is 3.88. The van der Waals surface area contributed by atoms with Gasteiger partial charge < -0.3 is 10.3 Å². The molecule has 1 aromatic carbocycles. The van der Waals surface area contributed by atoms with Crippen molar-refractivity contribution in [2.24, 2.45) is 11.1 Å². The molecule has 94 valence electrons. The Morgan fingerprint density at radius 3 is 2.61 bits per heavy atom. The zero-order chi connectivity index (χ0) is 12.8. The van der Waals surface area contributed by atoms with Gasteiger partial charge in [-0.2, -0.15) is 0 Å². The van der Waals surface area contributed by atoms with Gasteiger partial charge >= 0.3 is 0 Å². The highest BCUT2D eigenvalue weighted by Crippen LogP contribution is 2.40. The quantitative estimate of drug-likeness (QED) is 0.813. The van der Waals surface area contributed by atoms with Crippen molar-refractivity contribution in [3.8, 4) is 5.69 Å². The normalized spacial score (nSPS) is 21.6. The van der Waals surface area contributed by atoms with E-state index in [9.17, 15) is 0 Å². The first-order chi connectivity index (χ1) is 8.57. The predicted octanol–water partition coefficient (Wildman–Crippen LogP) is 3.45. The van der Waals surface area contributed by atoms with Crippen LogP contribution in [0, 0.1) is 5.41 Å². The van der Waals surface area contributed by atoms with E-state index in [0.717, 1.165) is 12.8 Å². The summed E-state index contributed by atoms with van der Waals surface area (Å²) >= 11 is 0. The second kappa shape index (κ2) is 3.99. The number of aromatic nitrogens is 1. The molecule has 2 N–H and O–H groups in total. The molecular formula is C16H20N2. The van der Waals surface area contributed by atoms with Gasteiger partial charge in [0.1, 0.15) is 0 Å². The van der Waals surface area contributed by atoms with Crippen molar-refractivity contribution in [1.82, 2.24) is 4.57 Å². The Balaban J connectivity index is 2.10. The highest BCUT2D eigenvalue weighted by Gasteiger charge is 2.32. The fraction of sp³-hybridized carbons (Fsp3) is 0.375. The standard InChI is InChI=1S/C16H20N2/c1-16(2)10-14(17)13-8-9-18(15(13)11-16)12-6-4-3-5-7-12/h3-9,14H,10-11,17H2,1-2H3. The number of hydrogen-bond acceptors (Lipinski definition) is 1. The van der Waals surface area contributed by atoms with E-state index in [1.165, 1.54) is 16.9 Å². The zero-order valence-corrected chi connectivity index (χ0v) is 11.1. The van der Waals surface area contributed by atoms with E-state index in [-0.39, 0.29) is 11.5 Å². The van der Waals surface area contributed by atoms with Crippen molar-refractivity contribution in [2.75, 3.05) is 0 Å². The summed E-state index contributed by atoms with van der Waals surface area (Å²) < 4.78 is 2.29. The second-order valence-electron chi connectivity index (χ2n) is 6.07. The van der Waals surface area contributed by atoms with Crippen LogP contribution < -0.4 is 5.73 Å². The third kappa shape index (κ3) is 1.87. The maximum absolute atomic E-state index is 6.30. The summed E-state index contributed by atoms with van der Waals surface area (Å²) in [5, 5.41) is 0. The van der Waals surface area contributed by atoms with E-state index in [1.807, 2.05) is 0 Å². The Bertz CT molecular complexity index is 552. The smallest absolute Gasteiger partial charge is 0.0452 e. The summed E-state index contributed by atoms with van der Waals surface area (Å²) in [6, 6.07) is 12.9. The number of para-hydroxylation sites is 1. The van der Waals surface area contributed by atoms with Crippen molar-refractivity contribution in [3.05, 3.63) is 53.9 Å². The molecule has 1 aliphatic rings. The molecule has 1 unspecified atom stereocenters. The maximum Gasteiger partial charge on any atom is 0.0452 e. The number of hydrogen-bond donors (Lipinski definition) is 1. The number of fused-ring (bicyclic) bond motifs is 1. The van der Waals surface area contributed by atoms with Crippen LogP contribution in [0.3, 0.4) is 0 Å². The first-order valence-corrected chi connectivity index (χ1v) is 6.58. The SMILES string of the molecule is CC1(C)Cc2c(ccn2-c2ccccc2)C(N)C1. The van der Waals surface area contributed by atoms with Crippen LogP contribution in [0.4, 0.5) is 0 Å². The molecule has 0 fully saturated rings. The van der Waals surface area contributed by atoms with E-state index in [4.69, 9.17) is 5.73 Å². The van der Waals surface area contributed by atoms with Gasteiger partial charge in [-0.3, -0.25) is 0 Å². The zero-order valence-electron chi connectivity index (χ0n) is 11.1. The van der Waals surface area contributed by atoms with Gasteiger partial charge in [-0.25, -0.2) is 0 Å². The van der Waals surface area contributed by atoms with E-state index in [1.54, 1.807) is 0 Å². The molecule has 18 heavy (non-hydrogen) atoms. The summed E-state index contributed by atoms with van der Waals surface area (Å²) in [4.78, 5) is 0. The van der Waals surface area contributed by atoms with Crippen LogP contribution >= 0.6 is 0 Å². The highest BCUT2D eigenvalue weighted by molar-refractivity contribution is 5.40. The lowest BCUT2D eigenvalue weighted by molar-refractivity contribution is 0.278. The molecule has 1 aliphatic carbocycles. The van der Waals surface area contributed by atoms with Crippen LogP contribution in [0.2, 0.25) is 0 Å². The van der Waals surface area contributed by atoms with Crippen molar-refractivity contribution in [2.45, 2.75) is 32.7 Å². The molecule has 0 bridgehead atoms. The van der Waals surface area contributed by atoms with Gasteiger partial charge in [0, 0.05) is 23.6 Å². The highest BCUT2D eigenvalue weighted by atomic mass is 15.0. The molecule has 0 aliphatic heterocycles. The summed E-state index contributed by atoms with van der Waals surface area (Å²) in [5.74, 6) is 0. The molecule has 0 spiro atoms. The molecule has 0 saturated carbocycles. The van der Waals surface area contributed by atoms with Crippen molar-refractivity contribution in [1.29, 1.82) is 0 Å². The second-order valence-corrected chi connectivity index (χ2v) is 6.07. The van der Waals surface area contributed by atoms with Crippen LogP contribution in [-0.4, -0.2) is 4.57 Å². The monoisotopic (exact) mass is 240 g/mol. The van der Waals surface area contributed by atoms with Gasteiger partial charge in [0.05, 0.1) is 0 Å². The van der Waals surface area contributed by atoms with Gasteiger partial charge in [0.25, 0.3) is 0 Å². The lowest BCUT2D eigenvalue weighted by Crippen LogP contribution is -2.30. The Morgan fingerprint density at radius 1 is 1.17 bits per heavy atom. The molecule has 0 radical (unpaired) electrons. The minimum absolute atomic E-state index is 0.175. The molecular weight excluding hydrogens is 220 g/mol. The van der Waals surface area contributed by atoms with E-state index in [2.05, 4.69) is 61.0 Å². The van der Waals surface area contributed by atoms with Gasteiger partial charge in [-0.1, -0.05) is 32.0 Å². The Labute approximate surface area is 108 Å². The van der Waals surface area contributed by atoms with Gasteiger partial charge in [0.2, 0.25) is 0 Å². The van der Waals surface area contributed by atoms with Crippen LogP contribution in [0.1, 0.15) is 37.6 Å². The molecule has 2 nitrogen and oxygen atoms in total. The number of benzene rings is 1. The van der Waals surface area contributed by atoms with Crippen LogP contribution in [0.15, 0.2) is 42.6 Å². The first-order valence-electron chi connectivity index (χ1n) is 6.58. The van der Waals surface area contributed by atoms with Gasteiger partial charge in [0.15, 0.2) is 0 Å². The molecule has 1 aromatic heterocycles. The molecule has 2 heteroatoms. The average Bonchev–Trinajstić information content (AvgIpc) is 2.72. The molecule has 3 rings (SSSR count). The largest absolute Gasteiger partial charge is 0.324 e. The number of nitrogens with zero attached hydrogens (tertiary/aromatic N) is 1. The topological polar surface area (TPSA) is 30.9 Å². The Morgan fingerprint density at radius 2 is 1.89 bits per heavy atom. The molecule has 0 amide bonds. The van der Waals surface area contributed by atoms with Gasteiger partial charge in [-0.05, 0) is 42.0 Å². The summed E-state index contributed by atoms with van der Waals surface area (Å²) in [6.07, 6.45) is 4.32. The van der Waals surface area contributed by atoms with Gasteiger partial charge in [-0.15, -0.1) is 0 Å². The fourth-order valence-corrected chi connectivity index (χ4v) is 3.07. The lowest BCUT2D eigenvalue weighted by Gasteiger charge is -2.34. The lowest BCUT2D eigenvalue weighted by atomic mass is 9.74. The fourth-order valence-electron chi connectivity index (χ4n) is 3.07. The molecule has 1 atom stereocenters. The molecule has 0 saturated heterocycles. The van der Waals surface area contributed by atoms with E-state index >= 15 is 0 Å². The van der Waals surface area contributed by atoms with Crippen molar-refractivity contribution < 1.29 is 0 Å². The minimum atomic E-state index is 0.175. The number of nitrogens with two attached hydrogens (primary N) is 1. The van der Waals surface area contributed by atoms with E-state index in [0.29, 0.717) is 0 Å². The minimum Gasteiger partial charge on any atom is -0.324 e. The van der Waals surface area contributed by atoms with Crippen LogP contribution in [0.25, 0.3) is 5.69 Å². The third-order valence-corrected chi connectivity index (χ3v) is 3.88. The first kappa shape index (κ1) is 11.5. The predicted molar refractivity (Wildman–Crippen MR) is 74.8 cm³/mol. The average molecular weight is 240 g/mol. The summed E-state index contributed by atoms with van der Waals surface area (Å²) in [7, 11) is 0. The van der Waals surface area contributed by atoms with Crippen molar-refractivity contribution in [3.63, 3.8) is 0 Å². The maximum atomic E-state index is 6.30. The Kier molecular flexibility index (Phi) is 2.56.